The SMILES string of the molecule is CNC(=O)c1ccc(Nc2nc3cccc(-c4ccc5[nH]ncc5c4)n3n2)cc1. The van der Waals surface area contributed by atoms with E-state index in [9.17, 15) is 4.79 Å². The van der Waals surface area contributed by atoms with Gasteiger partial charge in [0.1, 0.15) is 0 Å². The first-order chi connectivity index (χ1) is 14.2. The molecule has 0 spiro atoms. The van der Waals surface area contributed by atoms with Gasteiger partial charge < -0.3 is 10.6 Å². The lowest BCUT2D eigenvalue weighted by molar-refractivity contribution is 0.0963. The second-order valence-corrected chi connectivity index (χ2v) is 6.57. The number of fused-ring (bicyclic) bond motifs is 2. The summed E-state index contributed by atoms with van der Waals surface area (Å²) in [6.07, 6.45) is 1.80. The lowest BCUT2D eigenvalue weighted by Gasteiger charge is -2.04. The summed E-state index contributed by atoms with van der Waals surface area (Å²) >= 11 is 0. The number of carbonyl (C=O) groups excluding carboxylic acids is 1. The van der Waals surface area contributed by atoms with Crippen molar-refractivity contribution in [2.24, 2.45) is 0 Å². The number of amides is 1. The molecule has 0 aliphatic rings. The smallest absolute Gasteiger partial charge is 0.251 e. The van der Waals surface area contributed by atoms with Crippen LogP contribution in [-0.4, -0.2) is 37.8 Å². The molecule has 0 saturated heterocycles. The van der Waals surface area contributed by atoms with Gasteiger partial charge in [-0.1, -0.05) is 12.1 Å². The molecule has 29 heavy (non-hydrogen) atoms. The van der Waals surface area contributed by atoms with Gasteiger partial charge in [-0.15, -0.1) is 5.10 Å². The number of carbonyl (C=O) groups is 1. The van der Waals surface area contributed by atoms with Crippen LogP contribution >= 0.6 is 0 Å². The van der Waals surface area contributed by atoms with Crippen LogP contribution in [0.15, 0.2) is 66.9 Å². The Hall–Kier alpha value is -4.20. The molecule has 0 saturated carbocycles. The van der Waals surface area contributed by atoms with Crippen LogP contribution in [0.25, 0.3) is 27.8 Å². The fourth-order valence-electron chi connectivity index (χ4n) is 3.26. The molecule has 0 atom stereocenters. The molecule has 0 bridgehead atoms. The lowest BCUT2D eigenvalue weighted by atomic mass is 10.1. The summed E-state index contributed by atoms with van der Waals surface area (Å²) in [5, 5.41) is 18.5. The van der Waals surface area contributed by atoms with Gasteiger partial charge in [0.05, 0.1) is 17.4 Å². The van der Waals surface area contributed by atoms with Crippen molar-refractivity contribution in [2.45, 2.75) is 0 Å². The fourth-order valence-corrected chi connectivity index (χ4v) is 3.26. The number of rotatable bonds is 4. The summed E-state index contributed by atoms with van der Waals surface area (Å²) in [5.74, 6) is 0.358. The Morgan fingerprint density at radius 3 is 2.76 bits per heavy atom. The van der Waals surface area contributed by atoms with E-state index in [1.807, 2.05) is 47.0 Å². The highest BCUT2D eigenvalue weighted by Gasteiger charge is 2.10. The standard InChI is InChI=1S/C21H17N7O/c1-22-20(29)13-5-8-16(9-6-13)24-21-25-19-4-2-3-18(28(19)27-21)14-7-10-17-15(11-14)12-23-26-17/h2-12H,1H3,(H,22,29)(H,23,26)(H,24,27). The number of aromatic nitrogens is 5. The highest BCUT2D eigenvalue weighted by Crippen LogP contribution is 2.25. The van der Waals surface area contributed by atoms with Crippen molar-refractivity contribution in [3.63, 3.8) is 0 Å². The Labute approximate surface area is 165 Å². The molecule has 1 amide bonds. The van der Waals surface area contributed by atoms with Crippen LogP contribution in [0.4, 0.5) is 11.6 Å². The van der Waals surface area contributed by atoms with E-state index in [0.717, 1.165) is 33.5 Å². The highest BCUT2D eigenvalue weighted by molar-refractivity contribution is 5.94. The molecule has 0 aliphatic carbocycles. The van der Waals surface area contributed by atoms with E-state index in [1.165, 1.54) is 0 Å². The van der Waals surface area contributed by atoms with Crippen LogP contribution in [0.1, 0.15) is 10.4 Å². The third-order valence-electron chi connectivity index (χ3n) is 4.73. The topological polar surface area (TPSA) is 100 Å². The normalized spacial score (nSPS) is 11.1. The number of hydrogen-bond donors (Lipinski definition) is 3. The molecule has 0 unspecified atom stereocenters. The Morgan fingerprint density at radius 2 is 1.93 bits per heavy atom. The number of benzene rings is 2. The average Bonchev–Trinajstić information content (AvgIpc) is 3.39. The number of nitrogens with one attached hydrogen (secondary N) is 3. The summed E-state index contributed by atoms with van der Waals surface area (Å²) < 4.78 is 1.81. The van der Waals surface area contributed by atoms with Crippen molar-refractivity contribution in [1.82, 2.24) is 30.1 Å². The number of anilines is 2. The van der Waals surface area contributed by atoms with Crippen molar-refractivity contribution in [3.8, 4) is 11.3 Å². The van der Waals surface area contributed by atoms with E-state index >= 15 is 0 Å². The fraction of sp³-hybridized carbons (Fsp3) is 0.0476. The predicted octanol–water partition coefficient (Wildman–Crippen LogP) is 3.38. The predicted molar refractivity (Wildman–Crippen MR) is 111 cm³/mol. The van der Waals surface area contributed by atoms with E-state index in [1.54, 1.807) is 25.4 Å². The van der Waals surface area contributed by atoms with E-state index in [-0.39, 0.29) is 5.91 Å². The van der Waals surface area contributed by atoms with Crippen LogP contribution in [0.2, 0.25) is 0 Å². The number of hydrogen-bond acceptors (Lipinski definition) is 5. The molecule has 0 aliphatic heterocycles. The summed E-state index contributed by atoms with van der Waals surface area (Å²) in [6.45, 7) is 0. The Morgan fingerprint density at radius 1 is 1.07 bits per heavy atom. The van der Waals surface area contributed by atoms with Crippen molar-refractivity contribution in [3.05, 3.63) is 72.4 Å². The molecule has 5 rings (SSSR count). The van der Waals surface area contributed by atoms with Crippen molar-refractivity contribution in [1.29, 1.82) is 0 Å². The third-order valence-corrected chi connectivity index (χ3v) is 4.73. The molecule has 8 heteroatoms. The van der Waals surface area contributed by atoms with Gasteiger partial charge in [0.2, 0.25) is 5.95 Å². The van der Waals surface area contributed by atoms with E-state index in [2.05, 4.69) is 37.0 Å². The van der Waals surface area contributed by atoms with Gasteiger partial charge in [-0.05, 0) is 48.5 Å². The van der Waals surface area contributed by atoms with Gasteiger partial charge >= 0.3 is 0 Å². The molecule has 142 valence electrons. The first kappa shape index (κ1) is 16.9. The summed E-state index contributed by atoms with van der Waals surface area (Å²) in [6, 6.07) is 19.1. The van der Waals surface area contributed by atoms with Crippen molar-refractivity contribution in [2.75, 3.05) is 12.4 Å². The molecule has 3 N–H and O–H groups in total. The van der Waals surface area contributed by atoms with E-state index in [0.29, 0.717) is 11.5 Å². The first-order valence-corrected chi connectivity index (χ1v) is 9.10. The molecule has 5 aromatic rings. The second kappa shape index (κ2) is 6.75. The van der Waals surface area contributed by atoms with Gasteiger partial charge in [0.15, 0.2) is 5.65 Å². The molecule has 3 heterocycles. The van der Waals surface area contributed by atoms with Crippen LogP contribution < -0.4 is 10.6 Å². The van der Waals surface area contributed by atoms with Crippen LogP contribution in [0.5, 0.6) is 0 Å². The maximum absolute atomic E-state index is 11.7. The molecule has 3 aromatic heterocycles. The summed E-state index contributed by atoms with van der Waals surface area (Å²) in [7, 11) is 1.61. The first-order valence-electron chi connectivity index (χ1n) is 9.10. The number of nitrogens with zero attached hydrogens (tertiary/aromatic N) is 4. The molecular weight excluding hydrogens is 366 g/mol. The summed E-state index contributed by atoms with van der Waals surface area (Å²) in [4.78, 5) is 16.2. The molecule has 0 radical (unpaired) electrons. The second-order valence-electron chi connectivity index (χ2n) is 6.57. The zero-order valence-corrected chi connectivity index (χ0v) is 15.5. The summed E-state index contributed by atoms with van der Waals surface area (Å²) in [5.41, 5.74) is 5.08. The van der Waals surface area contributed by atoms with Crippen LogP contribution in [0, 0.1) is 0 Å². The molecule has 0 fully saturated rings. The van der Waals surface area contributed by atoms with E-state index in [4.69, 9.17) is 0 Å². The quantitative estimate of drug-likeness (QED) is 0.442. The third kappa shape index (κ3) is 3.06. The van der Waals surface area contributed by atoms with Gasteiger partial charge in [-0.25, -0.2) is 4.52 Å². The number of pyridine rings is 1. The molecule has 2 aromatic carbocycles. The number of H-pyrrole nitrogens is 1. The van der Waals surface area contributed by atoms with Gasteiger partial charge in [0.25, 0.3) is 5.91 Å². The van der Waals surface area contributed by atoms with E-state index < -0.39 is 0 Å². The van der Waals surface area contributed by atoms with Gasteiger partial charge in [-0.2, -0.15) is 10.1 Å². The minimum atomic E-state index is -0.123. The largest absolute Gasteiger partial charge is 0.355 e. The number of aromatic amines is 1. The Bertz CT molecular complexity index is 1330. The lowest BCUT2D eigenvalue weighted by Crippen LogP contribution is -2.17. The monoisotopic (exact) mass is 383 g/mol. The maximum atomic E-state index is 11.7. The maximum Gasteiger partial charge on any atom is 0.251 e. The zero-order valence-electron chi connectivity index (χ0n) is 15.5. The Kier molecular flexibility index (Phi) is 3.94. The zero-order chi connectivity index (χ0) is 19.8. The van der Waals surface area contributed by atoms with Crippen LogP contribution in [-0.2, 0) is 0 Å². The van der Waals surface area contributed by atoms with Crippen molar-refractivity contribution < 1.29 is 4.79 Å². The van der Waals surface area contributed by atoms with Gasteiger partial charge in [0, 0.05) is 29.2 Å². The average molecular weight is 383 g/mol. The van der Waals surface area contributed by atoms with Crippen LogP contribution in [0.3, 0.4) is 0 Å². The molecule has 8 nitrogen and oxygen atoms in total. The Balaban J connectivity index is 1.49. The van der Waals surface area contributed by atoms with Gasteiger partial charge in [-0.3, -0.25) is 9.89 Å². The molecular formula is C21H17N7O. The minimum Gasteiger partial charge on any atom is -0.355 e. The highest BCUT2D eigenvalue weighted by atomic mass is 16.1. The minimum absolute atomic E-state index is 0.123. The van der Waals surface area contributed by atoms with Crippen molar-refractivity contribution >= 4 is 34.1 Å².